The van der Waals surface area contributed by atoms with Crippen molar-refractivity contribution in [2.24, 2.45) is 0 Å². The SMILES string of the molecule is COc1c(/C(C)=C/C(=O)NCc2ccc(C)cc2)cc2c(C)coc2c1C. The number of fused-ring (bicyclic) bond motifs is 1. The lowest BCUT2D eigenvalue weighted by atomic mass is 9.98. The summed E-state index contributed by atoms with van der Waals surface area (Å²) in [5.41, 5.74) is 6.85. The number of allylic oxidation sites excluding steroid dienone is 1. The van der Waals surface area contributed by atoms with E-state index in [0.29, 0.717) is 6.54 Å². The van der Waals surface area contributed by atoms with Gasteiger partial charge in [0.25, 0.3) is 0 Å². The van der Waals surface area contributed by atoms with E-state index in [2.05, 4.69) is 5.32 Å². The summed E-state index contributed by atoms with van der Waals surface area (Å²) in [4.78, 5) is 12.4. The third-order valence-electron chi connectivity index (χ3n) is 4.80. The van der Waals surface area contributed by atoms with Crippen LogP contribution >= 0.6 is 0 Å². The fraction of sp³-hybridized carbons (Fsp3) is 0.261. The molecule has 3 rings (SSSR count). The van der Waals surface area contributed by atoms with Crippen molar-refractivity contribution in [1.82, 2.24) is 5.32 Å². The number of ether oxygens (including phenoxy) is 1. The van der Waals surface area contributed by atoms with Crippen LogP contribution in [0.5, 0.6) is 5.75 Å². The zero-order valence-electron chi connectivity index (χ0n) is 16.5. The largest absolute Gasteiger partial charge is 0.496 e. The topological polar surface area (TPSA) is 51.5 Å². The van der Waals surface area contributed by atoms with E-state index >= 15 is 0 Å². The van der Waals surface area contributed by atoms with E-state index in [1.807, 2.05) is 58.0 Å². The molecule has 0 aliphatic rings. The summed E-state index contributed by atoms with van der Waals surface area (Å²) in [6.07, 6.45) is 3.36. The number of carbonyl (C=O) groups excluding carboxylic acids is 1. The van der Waals surface area contributed by atoms with Gasteiger partial charge in [-0.25, -0.2) is 0 Å². The first kappa shape index (κ1) is 18.8. The lowest BCUT2D eigenvalue weighted by molar-refractivity contribution is -0.116. The number of amides is 1. The Labute approximate surface area is 159 Å². The number of aryl methyl sites for hydroxylation is 3. The van der Waals surface area contributed by atoms with E-state index in [-0.39, 0.29) is 5.91 Å². The van der Waals surface area contributed by atoms with Gasteiger partial charge in [-0.15, -0.1) is 0 Å². The van der Waals surface area contributed by atoms with E-state index in [1.54, 1.807) is 19.4 Å². The Morgan fingerprint density at radius 1 is 1.19 bits per heavy atom. The van der Waals surface area contributed by atoms with Gasteiger partial charge in [-0.05, 0) is 50.5 Å². The number of hydrogen-bond donors (Lipinski definition) is 1. The van der Waals surface area contributed by atoms with Gasteiger partial charge in [-0.2, -0.15) is 0 Å². The molecule has 1 amide bonds. The minimum atomic E-state index is -0.128. The molecule has 140 valence electrons. The molecular weight excluding hydrogens is 338 g/mol. The smallest absolute Gasteiger partial charge is 0.244 e. The Morgan fingerprint density at radius 2 is 1.89 bits per heavy atom. The molecule has 0 aliphatic heterocycles. The van der Waals surface area contributed by atoms with Crippen LogP contribution in [-0.4, -0.2) is 13.0 Å². The third kappa shape index (κ3) is 3.90. The Hall–Kier alpha value is -3.01. The van der Waals surface area contributed by atoms with Gasteiger partial charge in [0.2, 0.25) is 5.91 Å². The van der Waals surface area contributed by atoms with Crippen molar-refractivity contribution in [3.05, 3.63) is 70.5 Å². The number of rotatable bonds is 5. The van der Waals surface area contributed by atoms with Crippen molar-refractivity contribution in [2.45, 2.75) is 34.2 Å². The molecule has 0 spiro atoms. The Morgan fingerprint density at radius 3 is 2.56 bits per heavy atom. The summed E-state index contributed by atoms with van der Waals surface area (Å²) in [6, 6.07) is 10.2. The van der Waals surface area contributed by atoms with Crippen molar-refractivity contribution in [1.29, 1.82) is 0 Å². The van der Waals surface area contributed by atoms with Gasteiger partial charge in [0.05, 0.1) is 13.4 Å². The van der Waals surface area contributed by atoms with Crippen LogP contribution in [-0.2, 0) is 11.3 Å². The maximum Gasteiger partial charge on any atom is 0.244 e. The summed E-state index contributed by atoms with van der Waals surface area (Å²) in [5, 5.41) is 3.98. The van der Waals surface area contributed by atoms with Gasteiger partial charge < -0.3 is 14.5 Å². The van der Waals surface area contributed by atoms with E-state index in [4.69, 9.17) is 9.15 Å². The minimum Gasteiger partial charge on any atom is -0.496 e. The fourth-order valence-corrected chi connectivity index (χ4v) is 3.21. The molecule has 0 atom stereocenters. The highest BCUT2D eigenvalue weighted by Gasteiger charge is 2.16. The van der Waals surface area contributed by atoms with E-state index in [9.17, 15) is 4.79 Å². The first-order valence-electron chi connectivity index (χ1n) is 8.98. The molecule has 2 aromatic carbocycles. The molecule has 0 fully saturated rings. The van der Waals surface area contributed by atoms with Crippen LogP contribution < -0.4 is 10.1 Å². The van der Waals surface area contributed by atoms with Crippen LogP contribution in [0.4, 0.5) is 0 Å². The van der Waals surface area contributed by atoms with Crippen LogP contribution in [0.15, 0.2) is 47.1 Å². The van der Waals surface area contributed by atoms with Crippen LogP contribution in [0, 0.1) is 20.8 Å². The van der Waals surface area contributed by atoms with Gasteiger partial charge in [0, 0.05) is 29.1 Å². The lowest BCUT2D eigenvalue weighted by Gasteiger charge is -2.13. The number of nitrogens with one attached hydrogen (secondary N) is 1. The van der Waals surface area contributed by atoms with Gasteiger partial charge in [0.15, 0.2) is 0 Å². The Bertz CT molecular complexity index is 1010. The molecule has 1 heterocycles. The van der Waals surface area contributed by atoms with E-state index < -0.39 is 0 Å². The van der Waals surface area contributed by atoms with Crippen molar-refractivity contribution in [2.75, 3.05) is 7.11 Å². The summed E-state index contributed by atoms with van der Waals surface area (Å²) >= 11 is 0. The van der Waals surface area contributed by atoms with Crippen LogP contribution in [0.2, 0.25) is 0 Å². The summed E-state index contributed by atoms with van der Waals surface area (Å²) in [6.45, 7) is 8.44. The molecule has 0 saturated heterocycles. The molecule has 4 heteroatoms. The van der Waals surface area contributed by atoms with Gasteiger partial charge >= 0.3 is 0 Å². The van der Waals surface area contributed by atoms with Crippen LogP contribution in [0.25, 0.3) is 16.5 Å². The van der Waals surface area contributed by atoms with Crippen LogP contribution in [0.1, 0.15) is 34.7 Å². The number of furan rings is 1. The molecule has 0 aliphatic carbocycles. The zero-order chi connectivity index (χ0) is 19.6. The molecule has 0 radical (unpaired) electrons. The van der Waals surface area contributed by atoms with Crippen molar-refractivity contribution in [3.63, 3.8) is 0 Å². The predicted octanol–water partition coefficient (Wildman–Crippen LogP) is 5.09. The number of carbonyl (C=O) groups is 1. The monoisotopic (exact) mass is 363 g/mol. The molecule has 4 nitrogen and oxygen atoms in total. The van der Waals surface area contributed by atoms with Crippen molar-refractivity contribution < 1.29 is 13.9 Å². The summed E-state index contributed by atoms with van der Waals surface area (Å²) in [5.74, 6) is 0.605. The first-order chi connectivity index (χ1) is 12.9. The predicted molar refractivity (Wildman–Crippen MR) is 109 cm³/mol. The molecule has 0 unspecified atom stereocenters. The Balaban J connectivity index is 1.85. The number of methoxy groups -OCH3 is 1. The third-order valence-corrected chi connectivity index (χ3v) is 4.80. The van der Waals surface area contributed by atoms with Gasteiger partial charge in [-0.1, -0.05) is 29.8 Å². The Kier molecular flexibility index (Phi) is 5.36. The van der Waals surface area contributed by atoms with Crippen molar-refractivity contribution >= 4 is 22.4 Å². The average molecular weight is 363 g/mol. The molecule has 27 heavy (non-hydrogen) atoms. The number of hydrogen-bond acceptors (Lipinski definition) is 3. The second kappa shape index (κ2) is 7.70. The van der Waals surface area contributed by atoms with E-state index in [1.165, 1.54) is 5.56 Å². The highest BCUT2D eigenvalue weighted by molar-refractivity contribution is 5.98. The molecule has 0 bridgehead atoms. The van der Waals surface area contributed by atoms with E-state index in [0.717, 1.165) is 44.5 Å². The van der Waals surface area contributed by atoms with Crippen LogP contribution in [0.3, 0.4) is 0 Å². The molecular formula is C23H25NO3. The van der Waals surface area contributed by atoms with Crippen molar-refractivity contribution in [3.8, 4) is 5.75 Å². The maximum atomic E-state index is 12.4. The molecule has 0 saturated carbocycles. The second-order valence-corrected chi connectivity index (χ2v) is 6.91. The second-order valence-electron chi connectivity index (χ2n) is 6.91. The highest BCUT2D eigenvalue weighted by atomic mass is 16.5. The minimum absolute atomic E-state index is 0.128. The average Bonchev–Trinajstić information content (AvgIpc) is 3.02. The molecule has 3 aromatic rings. The zero-order valence-corrected chi connectivity index (χ0v) is 16.5. The molecule has 1 aromatic heterocycles. The fourth-order valence-electron chi connectivity index (χ4n) is 3.21. The summed E-state index contributed by atoms with van der Waals surface area (Å²) < 4.78 is 11.3. The lowest BCUT2D eigenvalue weighted by Crippen LogP contribution is -2.20. The van der Waals surface area contributed by atoms with Gasteiger partial charge in [-0.3, -0.25) is 4.79 Å². The van der Waals surface area contributed by atoms with Gasteiger partial charge in [0.1, 0.15) is 11.3 Å². The quantitative estimate of drug-likeness (QED) is 0.643. The standard InChI is InChI=1S/C23H25NO3/c1-14-6-8-18(9-7-14)12-24-21(25)10-15(2)19-11-20-16(3)13-27-23(20)17(4)22(19)26-5/h6-11,13H,12H2,1-5H3,(H,24,25)/b15-10+. The summed E-state index contributed by atoms with van der Waals surface area (Å²) in [7, 11) is 1.64. The highest BCUT2D eigenvalue weighted by Crippen LogP contribution is 2.37. The first-order valence-corrected chi connectivity index (χ1v) is 8.98. The molecule has 1 N–H and O–H groups in total. The number of benzene rings is 2. The normalized spacial score (nSPS) is 11.7. The maximum absolute atomic E-state index is 12.4.